The number of anilines is 1. The van der Waals surface area contributed by atoms with E-state index in [1.54, 1.807) is 77.1 Å². The van der Waals surface area contributed by atoms with Gasteiger partial charge in [-0.2, -0.15) is 10.2 Å². The van der Waals surface area contributed by atoms with E-state index >= 15 is 0 Å². The van der Waals surface area contributed by atoms with E-state index in [2.05, 4.69) is 47.8 Å². The van der Waals surface area contributed by atoms with Crippen LogP contribution in [0.15, 0.2) is 48.8 Å². The molecular weight excluding hydrogens is 719 g/mol. The van der Waals surface area contributed by atoms with Crippen molar-refractivity contribution in [1.82, 2.24) is 24.6 Å². The van der Waals surface area contributed by atoms with Gasteiger partial charge in [-0.25, -0.2) is 14.1 Å². The smallest absolute Gasteiger partial charge is 0.459 e. The molecule has 0 bridgehead atoms. The van der Waals surface area contributed by atoms with Crippen molar-refractivity contribution >= 4 is 37.0 Å². The maximum absolute atomic E-state index is 14.6. The molecule has 0 saturated carbocycles. The van der Waals surface area contributed by atoms with Gasteiger partial charge in [-0.15, -0.1) is 0 Å². The van der Waals surface area contributed by atoms with Crippen LogP contribution in [-0.2, 0) is 42.4 Å². The summed E-state index contributed by atoms with van der Waals surface area (Å²) in [5.74, 6) is -2.55. The SMILES string of the molecule is CC(C)C(=O)O[C@H]1[C@H](c2ccc3c(N)ncnn23)O[C@](C)(COP(=O)(N[C@@H](C)C(=O)OCCN(C(C)C)C(C)C)Oc2ccccc2)[C@H]1OC(=O)C(C)C. The second kappa shape index (κ2) is 18.0. The van der Waals surface area contributed by atoms with E-state index in [9.17, 15) is 18.9 Å². The van der Waals surface area contributed by atoms with Crippen LogP contribution in [0.3, 0.4) is 0 Å². The van der Waals surface area contributed by atoms with Gasteiger partial charge in [0, 0.05) is 18.6 Å². The predicted molar refractivity (Wildman–Crippen MR) is 200 cm³/mol. The van der Waals surface area contributed by atoms with Gasteiger partial charge in [0.25, 0.3) is 0 Å². The lowest BCUT2D eigenvalue weighted by Gasteiger charge is -2.33. The molecule has 3 heterocycles. The predicted octanol–water partition coefficient (Wildman–Crippen LogP) is 5.12. The number of fused-ring (bicyclic) bond motifs is 1. The Kier molecular flexibility index (Phi) is 14.2. The molecule has 1 aliphatic rings. The Morgan fingerprint density at radius 1 is 0.944 bits per heavy atom. The lowest BCUT2D eigenvalue weighted by Crippen LogP contribution is -2.49. The summed E-state index contributed by atoms with van der Waals surface area (Å²) >= 11 is 0. The highest BCUT2D eigenvalue weighted by Crippen LogP contribution is 2.50. The Morgan fingerprint density at radius 3 is 2.19 bits per heavy atom. The molecule has 0 aliphatic carbocycles. The molecule has 1 fully saturated rings. The first-order valence-electron chi connectivity index (χ1n) is 18.2. The largest absolute Gasteiger partial charge is 0.463 e. The van der Waals surface area contributed by atoms with Crippen molar-refractivity contribution in [2.24, 2.45) is 11.8 Å². The summed E-state index contributed by atoms with van der Waals surface area (Å²) in [5.41, 5.74) is 5.39. The Morgan fingerprint density at radius 2 is 1.57 bits per heavy atom. The second-order valence-corrected chi connectivity index (χ2v) is 16.4. The van der Waals surface area contributed by atoms with E-state index in [0.29, 0.717) is 17.8 Å². The molecule has 3 N–H and O–H groups in total. The molecule has 1 unspecified atom stereocenters. The molecule has 0 radical (unpaired) electrons. The number of hydrogen-bond acceptors (Lipinski definition) is 14. The number of aromatic nitrogens is 3. The van der Waals surface area contributed by atoms with Crippen LogP contribution in [0.25, 0.3) is 5.52 Å². The van der Waals surface area contributed by atoms with Crippen molar-refractivity contribution in [3.63, 3.8) is 0 Å². The molecule has 0 amide bonds. The zero-order chi connectivity index (χ0) is 40.0. The Bertz CT molecular complexity index is 1780. The molecule has 16 nitrogen and oxygen atoms in total. The van der Waals surface area contributed by atoms with Gasteiger partial charge in [-0.1, -0.05) is 45.9 Å². The summed E-state index contributed by atoms with van der Waals surface area (Å²) in [6.45, 7) is 18.1. The zero-order valence-corrected chi connectivity index (χ0v) is 33.6. The summed E-state index contributed by atoms with van der Waals surface area (Å²) in [4.78, 5) is 45.8. The standard InChI is InChI=1S/C37H55N6O10P/c1-22(2)34(44)50-31-30(28-16-17-29-33(38)39-21-40-43(28)29)52-37(10,32(31)51-35(45)23(3)4)20-49-54(47,53-27-14-12-11-13-15-27)41-26(9)36(46)48-19-18-42(24(5)6)25(7)8/h11-17,21-26,30-32H,18-20H2,1-10H3,(H,41,47)(H2,38,39,40)/t26-,30-,31-,32-,37+,54?/m0/s1. The molecule has 1 aliphatic heterocycles. The summed E-state index contributed by atoms with van der Waals surface area (Å²) < 4.78 is 52.3. The minimum absolute atomic E-state index is 0.115. The number of carbonyl (C=O) groups is 3. The highest BCUT2D eigenvalue weighted by atomic mass is 31.2. The number of nitrogens with zero attached hydrogens (tertiary/aromatic N) is 4. The van der Waals surface area contributed by atoms with Gasteiger partial charge >= 0.3 is 25.7 Å². The lowest BCUT2D eigenvalue weighted by molar-refractivity contribution is -0.175. The molecule has 1 aromatic carbocycles. The lowest BCUT2D eigenvalue weighted by atomic mass is 9.95. The Hall–Kier alpha value is -4.08. The average molecular weight is 775 g/mol. The van der Waals surface area contributed by atoms with Crippen molar-refractivity contribution < 1.29 is 46.9 Å². The van der Waals surface area contributed by atoms with Crippen LogP contribution < -0.4 is 15.3 Å². The number of rotatable bonds is 18. The Balaban J connectivity index is 1.67. The number of benzene rings is 1. The molecule has 2 aromatic heterocycles. The number of nitrogens with one attached hydrogen (secondary N) is 1. The topological polar surface area (TPSA) is 195 Å². The van der Waals surface area contributed by atoms with Crippen LogP contribution in [-0.4, -0.2) is 93.1 Å². The molecule has 0 spiro atoms. The van der Waals surface area contributed by atoms with Crippen LogP contribution in [0.5, 0.6) is 5.75 Å². The van der Waals surface area contributed by atoms with E-state index in [0.717, 1.165) is 0 Å². The second-order valence-electron chi connectivity index (χ2n) is 14.7. The van der Waals surface area contributed by atoms with Crippen LogP contribution in [0, 0.1) is 11.8 Å². The number of hydrogen-bond donors (Lipinski definition) is 2. The molecule has 17 heteroatoms. The third kappa shape index (κ3) is 10.4. The maximum Gasteiger partial charge on any atom is 0.459 e. The van der Waals surface area contributed by atoms with E-state index in [1.807, 2.05) is 0 Å². The minimum atomic E-state index is -4.43. The van der Waals surface area contributed by atoms with Crippen molar-refractivity contribution in [1.29, 1.82) is 0 Å². The van der Waals surface area contributed by atoms with Gasteiger partial charge < -0.3 is 29.2 Å². The highest BCUT2D eigenvalue weighted by molar-refractivity contribution is 7.52. The number of esters is 3. The molecule has 3 aromatic rings. The van der Waals surface area contributed by atoms with Gasteiger partial charge in [-0.3, -0.25) is 23.8 Å². The first-order valence-corrected chi connectivity index (χ1v) is 19.8. The number of nitrogen functional groups attached to an aromatic ring is 1. The third-order valence-corrected chi connectivity index (χ3v) is 10.6. The minimum Gasteiger partial charge on any atom is -0.463 e. The number of para-hydroxylation sites is 1. The monoisotopic (exact) mass is 774 g/mol. The van der Waals surface area contributed by atoms with Crippen LogP contribution in [0.1, 0.15) is 81.0 Å². The quantitative estimate of drug-likeness (QED) is 0.0981. The van der Waals surface area contributed by atoms with Crippen molar-refractivity contribution in [3.8, 4) is 5.75 Å². The number of ether oxygens (including phenoxy) is 4. The average Bonchev–Trinajstić information content (AvgIpc) is 3.65. The Labute approximate surface area is 316 Å². The summed E-state index contributed by atoms with van der Waals surface area (Å²) in [6, 6.07) is 11.0. The van der Waals surface area contributed by atoms with Gasteiger partial charge in [0.05, 0.1) is 24.1 Å². The fourth-order valence-corrected chi connectivity index (χ4v) is 7.60. The first kappa shape index (κ1) is 42.7. The summed E-state index contributed by atoms with van der Waals surface area (Å²) in [5, 5.41) is 7.04. The van der Waals surface area contributed by atoms with Crippen LogP contribution >= 0.6 is 7.75 Å². The first-order chi connectivity index (χ1) is 25.4. The van der Waals surface area contributed by atoms with Gasteiger partial charge in [0.1, 0.15) is 41.9 Å². The van der Waals surface area contributed by atoms with Gasteiger partial charge in [-0.05, 0) is 65.8 Å². The highest BCUT2D eigenvalue weighted by Gasteiger charge is 2.59. The normalized spacial score (nSPS) is 21.9. The van der Waals surface area contributed by atoms with Crippen LogP contribution in [0.4, 0.5) is 5.82 Å². The fraction of sp³-hybridized carbons (Fsp3) is 0.595. The van der Waals surface area contributed by atoms with Crippen molar-refractivity contribution in [2.75, 3.05) is 25.5 Å². The van der Waals surface area contributed by atoms with Crippen molar-refractivity contribution in [3.05, 3.63) is 54.5 Å². The van der Waals surface area contributed by atoms with E-state index in [4.69, 9.17) is 33.7 Å². The zero-order valence-electron chi connectivity index (χ0n) is 32.8. The van der Waals surface area contributed by atoms with E-state index < -0.39 is 74.1 Å². The number of carbonyl (C=O) groups excluding carboxylic acids is 3. The molecule has 6 atom stereocenters. The molecule has 54 heavy (non-hydrogen) atoms. The van der Waals surface area contributed by atoms with Gasteiger partial charge in [0.2, 0.25) is 0 Å². The molecule has 298 valence electrons. The maximum atomic E-state index is 14.6. The molecular formula is C37H55N6O10P. The fourth-order valence-electron chi connectivity index (χ4n) is 6.01. The van der Waals surface area contributed by atoms with Gasteiger partial charge in [0.15, 0.2) is 18.0 Å². The van der Waals surface area contributed by atoms with Crippen LogP contribution in [0.2, 0.25) is 0 Å². The summed E-state index contributed by atoms with van der Waals surface area (Å²) in [7, 11) is -4.43. The molecule has 4 rings (SSSR count). The van der Waals surface area contributed by atoms with E-state index in [-0.39, 0.29) is 30.3 Å². The van der Waals surface area contributed by atoms with E-state index in [1.165, 1.54) is 17.8 Å². The number of nitrogens with two attached hydrogens (primary N) is 1. The third-order valence-electron chi connectivity index (χ3n) is 8.95. The van der Waals surface area contributed by atoms with Crippen molar-refractivity contribution in [2.45, 2.75) is 111 Å². The molecule has 1 saturated heterocycles. The summed E-state index contributed by atoms with van der Waals surface area (Å²) in [6.07, 6.45) is -2.29.